The first-order valence-electron chi connectivity index (χ1n) is 16.6. The van der Waals surface area contributed by atoms with Gasteiger partial charge in [0.05, 0.1) is 40.2 Å². The van der Waals surface area contributed by atoms with Crippen LogP contribution in [-0.2, 0) is 24.8 Å². The predicted octanol–water partition coefficient (Wildman–Crippen LogP) is 5.22. The molecule has 4 atom stereocenters. The molecular weight excluding hydrogens is 667 g/mol. The van der Waals surface area contributed by atoms with Crippen molar-refractivity contribution in [1.29, 1.82) is 0 Å². The molecule has 49 heavy (non-hydrogen) atoms. The standard InChI is InChI=1S/C36H49N3O8S2/c1-25-10-15-31(16-11-25)48(42,43)37-30-14-19-34-33(21-30)36(41)39(28(4)24-40)22-27(3)35(46-20-8-7-9-29(5)47-34)23-38(6)49(44,45)32-17-12-26(2)13-18-32/h10-19,21,27-29,35,37,40H,7-9,20,22-24H2,1-6H3/t27-,28-,29+,35-/m0/s1. The number of sulfonamides is 2. The zero-order valence-corrected chi connectivity index (χ0v) is 30.8. The van der Waals surface area contributed by atoms with Gasteiger partial charge in [0.15, 0.2) is 0 Å². The van der Waals surface area contributed by atoms with Crippen molar-refractivity contribution in [1.82, 2.24) is 9.21 Å². The van der Waals surface area contributed by atoms with E-state index in [9.17, 15) is 26.7 Å². The van der Waals surface area contributed by atoms with Crippen molar-refractivity contribution in [2.75, 3.05) is 38.1 Å². The minimum absolute atomic E-state index is 0.0496. The fraction of sp³-hybridized carbons (Fsp3) is 0.472. The van der Waals surface area contributed by atoms with Crippen LogP contribution < -0.4 is 9.46 Å². The number of likely N-dealkylation sites (N-methyl/N-ethyl adjacent to an activating group) is 1. The Balaban J connectivity index is 1.67. The Kier molecular flexibility index (Phi) is 12.9. The second kappa shape index (κ2) is 16.5. The number of aliphatic hydroxyl groups is 1. The van der Waals surface area contributed by atoms with Gasteiger partial charge in [0.1, 0.15) is 5.75 Å². The number of benzene rings is 3. The van der Waals surface area contributed by atoms with Gasteiger partial charge >= 0.3 is 0 Å². The molecule has 0 aromatic heterocycles. The van der Waals surface area contributed by atoms with Crippen LogP contribution in [0.15, 0.2) is 76.5 Å². The molecule has 0 radical (unpaired) electrons. The number of nitrogens with zero attached hydrogens (tertiary/aromatic N) is 2. The fourth-order valence-electron chi connectivity index (χ4n) is 5.62. The molecule has 0 saturated heterocycles. The highest BCUT2D eigenvalue weighted by atomic mass is 32.2. The number of fused-ring (bicyclic) bond motifs is 1. The average molecular weight is 716 g/mol. The van der Waals surface area contributed by atoms with E-state index in [-0.39, 0.29) is 52.8 Å². The summed E-state index contributed by atoms with van der Waals surface area (Å²) in [5, 5.41) is 10.2. The first-order valence-corrected chi connectivity index (χ1v) is 19.5. The molecule has 268 valence electrons. The van der Waals surface area contributed by atoms with E-state index in [1.807, 2.05) is 27.7 Å². The number of hydrogen-bond acceptors (Lipinski definition) is 8. The van der Waals surface area contributed by atoms with Gasteiger partial charge in [-0.1, -0.05) is 42.3 Å². The van der Waals surface area contributed by atoms with Gasteiger partial charge in [-0.2, -0.15) is 4.31 Å². The average Bonchev–Trinajstić information content (AvgIpc) is 3.06. The number of carbonyl (C=O) groups is 1. The van der Waals surface area contributed by atoms with Crippen molar-refractivity contribution in [3.05, 3.63) is 83.4 Å². The molecule has 0 fully saturated rings. The molecular formula is C36H49N3O8S2. The van der Waals surface area contributed by atoms with Crippen molar-refractivity contribution < 1.29 is 36.2 Å². The summed E-state index contributed by atoms with van der Waals surface area (Å²) in [6.07, 6.45) is 1.31. The molecule has 1 heterocycles. The Hall–Kier alpha value is -3.49. The summed E-state index contributed by atoms with van der Waals surface area (Å²) in [4.78, 5) is 16.2. The third-order valence-corrected chi connectivity index (χ3v) is 12.0. The molecule has 3 aromatic carbocycles. The second-order valence-electron chi connectivity index (χ2n) is 13.0. The van der Waals surface area contributed by atoms with Gasteiger partial charge in [0, 0.05) is 38.3 Å². The summed E-state index contributed by atoms with van der Waals surface area (Å²) in [5.41, 5.74) is 2.18. The van der Waals surface area contributed by atoms with Gasteiger partial charge in [0.25, 0.3) is 15.9 Å². The number of amides is 1. The van der Waals surface area contributed by atoms with Gasteiger partial charge in [-0.15, -0.1) is 0 Å². The topological polar surface area (TPSA) is 143 Å². The second-order valence-corrected chi connectivity index (χ2v) is 16.8. The SMILES string of the molecule is Cc1ccc(S(=O)(=O)Nc2ccc3c(c2)C(=O)N([C@@H](C)CO)C[C@H](C)[C@H](CN(C)S(=O)(=O)c2ccc(C)cc2)OCCCC[C@@H](C)O3)cc1. The van der Waals surface area contributed by atoms with E-state index in [4.69, 9.17) is 9.47 Å². The van der Waals surface area contributed by atoms with Crippen LogP contribution in [0.25, 0.3) is 0 Å². The summed E-state index contributed by atoms with van der Waals surface area (Å²) in [7, 11) is -6.25. The van der Waals surface area contributed by atoms with Crippen LogP contribution in [0.2, 0.25) is 0 Å². The molecule has 3 aromatic rings. The normalized spacial score (nSPS) is 20.6. The summed E-state index contributed by atoms with van der Waals surface area (Å²) in [5.74, 6) is -0.529. The molecule has 0 saturated carbocycles. The third kappa shape index (κ3) is 9.82. The lowest BCUT2D eigenvalue weighted by atomic mass is 10.0. The van der Waals surface area contributed by atoms with Gasteiger partial charge in [0.2, 0.25) is 10.0 Å². The molecule has 1 aliphatic rings. The zero-order valence-electron chi connectivity index (χ0n) is 29.1. The summed E-state index contributed by atoms with van der Waals surface area (Å²) < 4.78 is 69.8. The molecule has 11 nitrogen and oxygen atoms in total. The largest absolute Gasteiger partial charge is 0.490 e. The highest BCUT2D eigenvalue weighted by Crippen LogP contribution is 2.30. The highest BCUT2D eigenvalue weighted by molar-refractivity contribution is 7.92. The number of anilines is 1. The highest BCUT2D eigenvalue weighted by Gasteiger charge is 2.32. The van der Waals surface area contributed by atoms with E-state index < -0.39 is 38.1 Å². The molecule has 4 rings (SSSR count). The Labute approximate surface area is 291 Å². The van der Waals surface area contributed by atoms with E-state index in [0.717, 1.165) is 17.5 Å². The van der Waals surface area contributed by atoms with Crippen LogP contribution in [0.3, 0.4) is 0 Å². The van der Waals surface area contributed by atoms with E-state index in [1.165, 1.54) is 34.5 Å². The lowest BCUT2D eigenvalue weighted by molar-refractivity contribution is -0.00833. The summed E-state index contributed by atoms with van der Waals surface area (Å²) >= 11 is 0. The molecule has 0 spiro atoms. The number of aryl methyl sites for hydroxylation is 2. The lowest BCUT2D eigenvalue weighted by Crippen LogP contribution is -2.48. The van der Waals surface area contributed by atoms with Crippen LogP contribution in [0.5, 0.6) is 5.75 Å². The van der Waals surface area contributed by atoms with E-state index in [0.29, 0.717) is 25.2 Å². The minimum Gasteiger partial charge on any atom is -0.490 e. The van der Waals surface area contributed by atoms with Gasteiger partial charge in [-0.25, -0.2) is 16.8 Å². The van der Waals surface area contributed by atoms with Crippen molar-refractivity contribution in [2.45, 2.75) is 81.9 Å². The molecule has 0 aliphatic carbocycles. The maximum atomic E-state index is 14.4. The molecule has 0 unspecified atom stereocenters. The Morgan fingerprint density at radius 1 is 0.939 bits per heavy atom. The molecule has 2 N–H and O–H groups in total. The number of nitrogens with one attached hydrogen (secondary N) is 1. The van der Waals surface area contributed by atoms with E-state index in [2.05, 4.69) is 4.72 Å². The first-order chi connectivity index (χ1) is 23.1. The van der Waals surface area contributed by atoms with Crippen molar-refractivity contribution in [3.63, 3.8) is 0 Å². The fourth-order valence-corrected chi connectivity index (χ4v) is 7.85. The molecule has 1 amide bonds. The van der Waals surface area contributed by atoms with Gasteiger partial charge in [-0.05, 0) is 89.4 Å². The quantitative estimate of drug-likeness (QED) is 0.307. The predicted molar refractivity (Wildman–Crippen MR) is 190 cm³/mol. The Morgan fingerprint density at radius 3 is 2.16 bits per heavy atom. The molecule has 13 heteroatoms. The van der Waals surface area contributed by atoms with Crippen molar-refractivity contribution in [3.8, 4) is 5.75 Å². The summed E-state index contributed by atoms with van der Waals surface area (Å²) in [6, 6.07) is 17.1. The number of hydrogen-bond donors (Lipinski definition) is 2. The van der Waals surface area contributed by atoms with Crippen LogP contribution in [0, 0.1) is 19.8 Å². The maximum Gasteiger partial charge on any atom is 0.261 e. The number of ether oxygens (including phenoxy) is 2. The monoisotopic (exact) mass is 715 g/mol. The third-order valence-electron chi connectivity index (χ3n) is 8.80. The molecule has 0 bridgehead atoms. The number of rotatable bonds is 9. The Bertz CT molecular complexity index is 1780. The Morgan fingerprint density at radius 2 is 1.55 bits per heavy atom. The zero-order chi connectivity index (χ0) is 35.9. The van der Waals surface area contributed by atoms with Crippen molar-refractivity contribution in [2.24, 2.45) is 5.92 Å². The van der Waals surface area contributed by atoms with Crippen LogP contribution in [0.4, 0.5) is 5.69 Å². The molecule has 1 aliphatic heterocycles. The number of aliphatic hydroxyl groups excluding tert-OH is 1. The van der Waals surface area contributed by atoms with Crippen molar-refractivity contribution >= 4 is 31.6 Å². The first kappa shape index (κ1) is 38.3. The lowest BCUT2D eigenvalue weighted by Gasteiger charge is -2.35. The van der Waals surface area contributed by atoms with E-state index >= 15 is 0 Å². The van der Waals surface area contributed by atoms with Gasteiger partial charge in [-0.3, -0.25) is 9.52 Å². The van der Waals surface area contributed by atoms with Crippen LogP contribution >= 0.6 is 0 Å². The number of carbonyl (C=O) groups excluding carboxylic acids is 1. The van der Waals surface area contributed by atoms with E-state index in [1.54, 1.807) is 55.5 Å². The van der Waals surface area contributed by atoms with Crippen LogP contribution in [-0.4, -0.2) is 88.7 Å². The summed E-state index contributed by atoms with van der Waals surface area (Å²) in [6.45, 7) is 9.49. The van der Waals surface area contributed by atoms with Crippen LogP contribution in [0.1, 0.15) is 61.5 Å². The van der Waals surface area contributed by atoms with Gasteiger partial charge < -0.3 is 19.5 Å². The maximum absolute atomic E-state index is 14.4. The smallest absolute Gasteiger partial charge is 0.261 e. The minimum atomic E-state index is -3.96.